The SMILES string of the molecule is O=C(c1cccs1)n1nc(-c2ccn(Cc3ccnnc3)c(=O)c2-c2ccccc2)cc1NCc1ccc(Cl)s1. The second-order valence-electron chi connectivity index (χ2n) is 8.82. The number of carbonyl (C=O) groups is 1. The number of nitrogens with zero attached hydrogens (tertiary/aromatic N) is 5. The molecule has 0 radical (unpaired) electrons. The molecule has 6 aromatic rings. The van der Waals surface area contributed by atoms with Crippen LogP contribution in [0.5, 0.6) is 0 Å². The monoisotopic (exact) mass is 584 g/mol. The van der Waals surface area contributed by atoms with Gasteiger partial charge in [-0.25, -0.2) is 0 Å². The zero-order chi connectivity index (χ0) is 27.5. The van der Waals surface area contributed by atoms with Crippen LogP contribution in [0.15, 0.2) is 102 Å². The van der Waals surface area contributed by atoms with E-state index < -0.39 is 0 Å². The minimum atomic E-state index is -0.257. The number of hydrogen-bond acceptors (Lipinski definition) is 8. The van der Waals surface area contributed by atoms with Crippen molar-refractivity contribution < 1.29 is 4.79 Å². The Morgan fingerprint density at radius 2 is 1.88 bits per heavy atom. The van der Waals surface area contributed by atoms with Crippen LogP contribution in [-0.4, -0.2) is 30.5 Å². The number of nitrogens with one attached hydrogen (secondary N) is 1. The van der Waals surface area contributed by atoms with Crippen molar-refractivity contribution in [1.82, 2.24) is 24.5 Å². The van der Waals surface area contributed by atoms with Crippen LogP contribution in [0, 0.1) is 0 Å². The first-order valence-electron chi connectivity index (χ1n) is 12.3. The molecule has 1 aromatic carbocycles. The fourth-order valence-electron chi connectivity index (χ4n) is 4.33. The predicted octanol–water partition coefficient (Wildman–Crippen LogP) is 6.29. The highest BCUT2D eigenvalue weighted by atomic mass is 35.5. The van der Waals surface area contributed by atoms with Crippen molar-refractivity contribution in [2.75, 3.05) is 5.32 Å². The molecular weight excluding hydrogens is 564 g/mol. The second kappa shape index (κ2) is 11.4. The van der Waals surface area contributed by atoms with E-state index in [9.17, 15) is 9.59 Å². The van der Waals surface area contributed by atoms with E-state index in [-0.39, 0.29) is 11.5 Å². The molecule has 0 amide bonds. The number of benzene rings is 1. The number of halogens is 1. The van der Waals surface area contributed by atoms with Crippen molar-refractivity contribution in [2.24, 2.45) is 0 Å². The van der Waals surface area contributed by atoms with E-state index in [2.05, 4.69) is 15.5 Å². The van der Waals surface area contributed by atoms with Crippen LogP contribution in [0.4, 0.5) is 5.82 Å². The summed E-state index contributed by atoms with van der Waals surface area (Å²) in [5.41, 5.74) is 3.06. The Morgan fingerprint density at radius 1 is 1.00 bits per heavy atom. The Bertz CT molecular complexity index is 1830. The average Bonchev–Trinajstić information content (AvgIpc) is 3.75. The largest absolute Gasteiger partial charge is 0.365 e. The molecule has 0 aliphatic heterocycles. The molecular formula is C29H21ClN6O2S2. The molecule has 11 heteroatoms. The highest BCUT2D eigenvalue weighted by Gasteiger charge is 2.22. The number of aromatic nitrogens is 5. The van der Waals surface area contributed by atoms with Crippen molar-refractivity contribution in [3.05, 3.63) is 127 Å². The highest BCUT2D eigenvalue weighted by Crippen LogP contribution is 2.31. The lowest BCUT2D eigenvalue weighted by atomic mass is 9.99. The molecule has 0 unspecified atom stereocenters. The minimum absolute atomic E-state index is 0.178. The summed E-state index contributed by atoms with van der Waals surface area (Å²) in [7, 11) is 0. The molecule has 5 aromatic heterocycles. The molecule has 5 heterocycles. The third-order valence-corrected chi connectivity index (χ3v) is 8.30. The van der Waals surface area contributed by atoms with Crippen LogP contribution < -0.4 is 10.9 Å². The molecule has 1 N–H and O–H groups in total. The topological polar surface area (TPSA) is 94.7 Å². The molecule has 0 fully saturated rings. The molecule has 0 saturated heterocycles. The lowest BCUT2D eigenvalue weighted by molar-refractivity contribution is 0.0952. The van der Waals surface area contributed by atoms with E-state index in [0.29, 0.717) is 44.9 Å². The van der Waals surface area contributed by atoms with Crippen molar-refractivity contribution in [1.29, 1.82) is 0 Å². The number of thiophene rings is 2. The van der Waals surface area contributed by atoms with Gasteiger partial charge in [0.25, 0.3) is 11.5 Å². The molecule has 0 saturated carbocycles. The molecule has 0 aliphatic rings. The normalized spacial score (nSPS) is 11.0. The van der Waals surface area contributed by atoms with Crippen LogP contribution in [0.1, 0.15) is 20.1 Å². The van der Waals surface area contributed by atoms with Crippen molar-refractivity contribution in [3.63, 3.8) is 0 Å². The van der Waals surface area contributed by atoms with Gasteiger partial charge >= 0.3 is 0 Å². The maximum absolute atomic E-state index is 13.9. The first-order valence-corrected chi connectivity index (χ1v) is 14.4. The van der Waals surface area contributed by atoms with Crippen molar-refractivity contribution in [3.8, 4) is 22.4 Å². The number of rotatable bonds is 8. The zero-order valence-corrected chi connectivity index (χ0v) is 23.3. The first kappa shape index (κ1) is 25.9. The number of hydrogen-bond donors (Lipinski definition) is 1. The van der Waals surface area contributed by atoms with E-state index in [0.717, 1.165) is 16.0 Å². The van der Waals surface area contributed by atoms with Crippen molar-refractivity contribution >= 4 is 46.0 Å². The third kappa shape index (κ3) is 5.37. The zero-order valence-electron chi connectivity index (χ0n) is 20.9. The maximum Gasteiger partial charge on any atom is 0.290 e. The third-order valence-electron chi connectivity index (χ3n) is 6.21. The fourth-order valence-corrected chi connectivity index (χ4v) is 6.00. The Balaban J connectivity index is 1.46. The molecule has 0 aliphatic carbocycles. The first-order chi connectivity index (χ1) is 19.6. The number of carbonyl (C=O) groups excluding carboxylic acids is 1. The summed E-state index contributed by atoms with van der Waals surface area (Å²) in [5, 5.41) is 17.6. The minimum Gasteiger partial charge on any atom is -0.365 e. The predicted molar refractivity (Wildman–Crippen MR) is 159 cm³/mol. The standard InChI is InChI=1S/C29H21ClN6O2S2/c30-25-9-8-21(40-25)17-31-26-15-23(34-36(26)28(37)24-7-4-14-39-24)22-11-13-35(18-19-10-12-32-33-16-19)29(38)27(22)20-5-2-1-3-6-20/h1-16,31H,17-18H2. The molecule has 8 nitrogen and oxygen atoms in total. The van der Waals surface area contributed by atoms with Gasteiger partial charge in [0.1, 0.15) is 5.82 Å². The molecule has 40 heavy (non-hydrogen) atoms. The second-order valence-corrected chi connectivity index (χ2v) is 11.6. The summed E-state index contributed by atoms with van der Waals surface area (Å²) in [5.74, 6) is 0.261. The highest BCUT2D eigenvalue weighted by molar-refractivity contribution is 7.16. The smallest absolute Gasteiger partial charge is 0.290 e. The molecule has 0 spiro atoms. The fraction of sp³-hybridized carbons (Fsp3) is 0.0690. The van der Waals surface area contributed by atoms with Gasteiger partial charge in [-0.15, -0.1) is 22.7 Å². The summed E-state index contributed by atoms with van der Waals surface area (Å²) in [6.45, 7) is 0.809. The van der Waals surface area contributed by atoms with E-state index in [1.54, 1.807) is 35.3 Å². The van der Waals surface area contributed by atoms with Crippen LogP contribution >= 0.6 is 34.3 Å². The quantitative estimate of drug-likeness (QED) is 0.226. The van der Waals surface area contributed by atoms with Gasteiger partial charge in [0.2, 0.25) is 0 Å². The van der Waals surface area contributed by atoms with E-state index in [4.69, 9.17) is 16.7 Å². The molecule has 0 atom stereocenters. The summed E-state index contributed by atoms with van der Waals surface area (Å²) in [6, 6.07) is 22.3. The average molecular weight is 585 g/mol. The Labute approximate surface area is 242 Å². The van der Waals surface area contributed by atoms with Gasteiger partial charge in [-0.3, -0.25) is 9.59 Å². The summed E-state index contributed by atoms with van der Waals surface area (Å²) >= 11 is 8.92. The van der Waals surface area contributed by atoms with E-state index in [1.165, 1.54) is 27.4 Å². The van der Waals surface area contributed by atoms with Crippen LogP contribution in [-0.2, 0) is 13.1 Å². The van der Waals surface area contributed by atoms with Crippen LogP contribution in [0.2, 0.25) is 4.34 Å². The van der Waals surface area contributed by atoms with Gasteiger partial charge in [0.15, 0.2) is 0 Å². The van der Waals surface area contributed by atoms with Crippen molar-refractivity contribution in [2.45, 2.75) is 13.1 Å². The Kier molecular flexibility index (Phi) is 7.37. The van der Waals surface area contributed by atoms with Crippen LogP contribution in [0.25, 0.3) is 22.4 Å². The number of pyridine rings is 1. The Hall–Kier alpha value is -4.38. The number of anilines is 1. The lowest BCUT2D eigenvalue weighted by Crippen LogP contribution is -2.22. The van der Waals surface area contributed by atoms with Gasteiger partial charge in [0.05, 0.1) is 39.8 Å². The van der Waals surface area contributed by atoms with Gasteiger partial charge < -0.3 is 9.88 Å². The summed E-state index contributed by atoms with van der Waals surface area (Å²) in [6.07, 6.45) is 4.98. The van der Waals surface area contributed by atoms with Gasteiger partial charge in [-0.05, 0) is 46.8 Å². The molecule has 198 valence electrons. The van der Waals surface area contributed by atoms with Gasteiger partial charge in [-0.2, -0.15) is 20.0 Å². The van der Waals surface area contributed by atoms with E-state index in [1.807, 2.05) is 66.0 Å². The maximum atomic E-state index is 13.9. The van der Waals surface area contributed by atoms with E-state index >= 15 is 0 Å². The Morgan fingerprint density at radius 3 is 2.60 bits per heavy atom. The summed E-state index contributed by atoms with van der Waals surface area (Å²) < 4.78 is 3.69. The van der Waals surface area contributed by atoms with Gasteiger partial charge in [0, 0.05) is 28.9 Å². The van der Waals surface area contributed by atoms with Gasteiger partial charge in [-0.1, -0.05) is 48.0 Å². The van der Waals surface area contributed by atoms with Crippen LogP contribution in [0.3, 0.4) is 0 Å². The molecule has 6 rings (SSSR count). The lowest BCUT2D eigenvalue weighted by Gasteiger charge is -2.12. The summed E-state index contributed by atoms with van der Waals surface area (Å²) in [4.78, 5) is 28.9. The molecule has 0 bridgehead atoms.